The Morgan fingerprint density at radius 1 is 1.22 bits per heavy atom. The van der Waals surface area contributed by atoms with E-state index in [1.807, 2.05) is 29.6 Å². The predicted octanol–water partition coefficient (Wildman–Crippen LogP) is 4.47. The second-order valence-electron chi connectivity index (χ2n) is 9.25. The van der Waals surface area contributed by atoms with Gasteiger partial charge in [0.25, 0.3) is 0 Å². The van der Waals surface area contributed by atoms with Gasteiger partial charge in [-0.05, 0) is 31.5 Å². The Labute approximate surface area is 213 Å². The number of amides is 1. The molecule has 5 rings (SSSR count). The second-order valence-corrected chi connectivity index (χ2v) is 9.66. The lowest BCUT2D eigenvalue weighted by molar-refractivity contribution is -0.115. The van der Waals surface area contributed by atoms with Crippen molar-refractivity contribution in [1.29, 1.82) is 0 Å². The van der Waals surface area contributed by atoms with Gasteiger partial charge in [-0.3, -0.25) is 13.9 Å². The normalized spacial score (nSPS) is 15.8. The molecule has 1 amide bonds. The number of anilines is 1. The number of carbonyl (C=O) groups excluding carboxylic acids is 1. The molecule has 188 valence electrons. The molecule has 36 heavy (non-hydrogen) atoms. The summed E-state index contributed by atoms with van der Waals surface area (Å²) >= 11 is 6.19. The first-order valence-electron chi connectivity index (χ1n) is 11.8. The van der Waals surface area contributed by atoms with Crippen LogP contribution in [0, 0.1) is 0 Å². The number of hydrogen-bond acceptors (Lipinski definition) is 5. The number of hydrogen-bond donors (Lipinski definition) is 1. The number of aryl methyl sites for hydroxylation is 1. The number of imidazole rings is 1. The summed E-state index contributed by atoms with van der Waals surface area (Å²) in [4.78, 5) is 19.3. The smallest absolute Gasteiger partial charge is 0.229 e. The van der Waals surface area contributed by atoms with Gasteiger partial charge in [-0.2, -0.15) is 5.10 Å². The summed E-state index contributed by atoms with van der Waals surface area (Å²) in [7, 11) is 5.30. The van der Waals surface area contributed by atoms with Crippen molar-refractivity contribution < 1.29 is 13.9 Å². The Hall–Kier alpha value is -3.43. The van der Waals surface area contributed by atoms with Crippen LogP contribution in [-0.2, 0) is 23.9 Å². The molecule has 1 N–H and O–H groups in total. The zero-order chi connectivity index (χ0) is 25.4. The number of nitrogens with zero attached hydrogens (tertiary/aromatic N) is 5. The molecule has 1 fully saturated rings. The van der Waals surface area contributed by atoms with E-state index in [1.165, 1.54) is 0 Å². The van der Waals surface area contributed by atoms with Crippen LogP contribution in [-0.4, -0.2) is 57.2 Å². The van der Waals surface area contributed by atoms with E-state index in [0.717, 1.165) is 5.56 Å². The van der Waals surface area contributed by atoms with Crippen LogP contribution >= 0.6 is 11.6 Å². The number of methoxy groups -OCH3 is 1. The fourth-order valence-electron chi connectivity index (χ4n) is 4.65. The topological polar surface area (TPSA) is 76.7 Å². The first-order chi connectivity index (χ1) is 17.3. The molecule has 1 aliphatic rings. The molecule has 0 unspecified atom stereocenters. The maximum atomic E-state index is 16.1. The molecule has 8 nitrogen and oxygen atoms in total. The first-order valence-corrected chi connectivity index (χ1v) is 12.2. The predicted molar refractivity (Wildman–Crippen MR) is 137 cm³/mol. The number of piperidine rings is 1. The zero-order valence-corrected chi connectivity index (χ0v) is 21.2. The standard InChI is InChI=1S/C26H28ClFN6O2/c1-32-10-8-26(28,9-11-32)18-16-34-21(15-29-23(34)14-22(18)36-3)20-13-24(33(2)31-20)30-25(35)12-17-6-4-5-7-19(17)27/h4-7,13-16H,8-12H2,1-3H3,(H,30,35). The Bertz CT molecular complexity index is 1420. The van der Waals surface area contributed by atoms with Crippen LogP contribution in [0.3, 0.4) is 0 Å². The van der Waals surface area contributed by atoms with Crippen molar-refractivity contribution in [3.63, 3.8) is 0 Å². The van der Waals surface area contributed by atoms with Crippen molar-refractivity contribution in [2.24, 2.45) is 7.05 Å². The number of ether oxygens (including phenoxy) is 1. The molecule has 3 aromatic heterocycles. The number of alkyl halides is 1. The summed E-state index contributed by atoms with van der Waals surface area (Å²) < 4.78 is 25.1. The molecule has 0 saturated carbocycles. The number of rotatable bonds is 6. The van der Waals surface area contributed by atoms with Crippen LogP contribution in [0.15, 0.2) is 48.8 Å². The zero-order valence-electron chi connectivity index (χ0n) is 20.5. The minimum Gasteiger partial charge on any atom is -0.496 e. The highest BCUT2D eigenvalue weighted by atomic mass is 35.5. The minimum atomic E-state index is -1.49. The highest BCUT2D eigenvalue weighted by Gasteiger charge is 2.38. The number of benzene rings is 1. The van der Waals surface area contributed by atoms with E-state index in [9.17, 15) is 4.79 Å². The summed E-state index contributed by atoms with van der Waals surface area (Å²) in [5.74, 6) is 0.813. The van der Waals surface area contributed by atoms with E-state index >= 15 is 4.39 Å². The molecular formula is C26H28ClFN6O2. The Morgan fingerprint density at radius 2 is 1.97 bits per heavy atom. The van der Waals surface area contributed by atoms with Crippen LogP contribution in [0.2, 0.25) is 5.02 Å². The molecule has 4 aromatic rings. The van der Waals surface area contributed by atoms with Crippen molar-refractivity contribution in [2.45, 2.75) is 24.9 Å². The molecule has 0 atom stereocenters. The maximum absolute atomic E-state index is 16.1. The van der Waals surface area contributed by atoms with Crippen molar-refractivity contribution in [3.8, 4) is 17.1 Å². The molecule has 0 aliphatic carbocycles. The third-order valence-corrected chi connectivity index (χ3v) is 7.18. The average Bonchev–Trinajstić information content (AvgIpc) is 3.44. The van der Waals surface area contributed by atoms with Crippen LogP contribution in [0.25, 0.3) is 17.0 Å². The van der Waals surface area contributed by atoms with Crippen molar-refractivity contribution in [2.75, 3.05) is 32.6 Å². The van der Waals surface area contributed by atoms with E-state index in [-0.39, 0.29) is 12.3 Å². The van der Waals surface area contributed by atoms with Crippen LogP contribution in [0.5, 0.6) is 5.75 Å². The van der Waals surface area contributed by atoms with Gasteiger partial charge in [0.15, 0.2) is 0 Å². The lowest BCUT2D eigenvalue weighted by Crippen LogP contribution is -2.38. The Kier molecular flexibility index (Phi) is 6.44. The largest absolute Gasteiger partial charge is 0.496 e. The van der Waals surface area contributed by atoms with Crippen LogP contribution in [0.1, 0.15) is 24.0 Å². The SMILES string of the molecule is COc1cc2ncc(-c3cc(NC(=O)Cc4ccccc4Cl)n(C)n3)n2cc1C1(F)CCN(C)CC1. The molecule has 0 spiro atoms. The van der Waals surface area contributed by atoms with Gasteiger partial charge in [0, 0.05) is 49.1 Å². The van der Waals surface area contributed by atoms with Gasteiger partial charge in [-0.25, -0.2) is 9.37 Å². The number of fused-ring (bicyclic) bond motifs is 1. The van der Waals surface area contributed by atoms with Gasteiger partial charge in [-0.1, -0.05) is 29.8 Å². The van der Waals surface area contributed by atoms with Gasteiger partial charge in [-0.15, -0.1) is 0 Å². The Morgan fingerprint density at radius 3 is 2.69 bits per heavy atom. The molecule has 4 heterocycles. The third-order valence-electron chi connectivity index (χ3n) is 6.81. The van der Waals surface area contributed by atoms with Crippen molar-refractivity contribution >= 4 is 29.0 Å². The molecule has 1 aromatic carbocycles. The van der Waals surface area contributed by atoms with Gasteiger partial charge in [0.2, 0.25) is 5.91 Å². The number of likely N-dealkylation sites (tertiary alicyclic amines) is 1. The number of halogens is 2. The number of aromatic nitrogens is 4. The first kappa shape index (κ1) is 24.3. The number of carbonyl (C=O) groups is 1. The molecule has 0 bridgehead atoms. The molecule has 0 radical (unpaired) electrons. The summed E-state index contributed by atoms with van der Waals surface area (Å²) in [5.41, 5.74) is 1.68. The maximum Gasteiger partial charge on any atom is 0.229 e. The summed E-state index contributed by atoms with van der Waals surface area (Å²) in [6.45, 7) is 1.35. The van der Waals surface area contributed by atoms with E-state index in [2.05, 4.69) is 20.3 Å². The molecule has 10 heteroatoms. The van der Waals surface area contributed by atoms with Crippen molar-refractivity contribution in [1.82, 2.24) is 24.1 Å². The lowest BCUT2D eigenvalue weighted by atomic mass is 9.86. The number of nitrogens with one attached hydrogen (secondary N) is 1. The van der Waals surface area contributed by atoms with E-state index in [4.69, 9.17) is 16.3 Å². The Balaban J connectivity index is 1.45. The average molecular weight is 511 g/mol. The van der Waals surface area contributed by atoms with Gasteiger partial charge >= 0.3 is 0 Å². The van der Waals surface area contributed by atoms with E-state index < -0.39 is 5.67 Å². The summed E-state index contributed by atoms with van der Waals surface area (Å²) in [6.07, 6.45) is 4.38. The van der Waals surface area contributed by atoms with Crippen LogP contribution in [0.4, 0.5) is 10.2 Å². The van der Waals surface area contributed by atoms with Gasteiger partial charge in [0.1, 0.15) is 28.6 Å². The number of pyridine rings is 1. The highest BCUT2D eigenvalue weighted by molar-refractivity contribution is 6.31. The van der Waals surface area contributed by atoms with Crippen LogP contribution < -0.4 is 10.1 Å². The fraction of sp³-hybridized carbons (Fsp3) is 0.346. The lowest BCUT2D eigenvalue weighted by Gasteiger charge is -2.35. The van der Waals surface area contributed by atoms with Crippen molar-refractivity contribution in [3.05, 3.63) is 64.9 Å². The highest BCUT2D eigenvalue weighted by Crippen LogP contribution is 2.42. The second kappa shape index (κ2) is 9.55. The summed E-state index contributed by atoms with van der Waals surface area (Å²) in [6, 6.07) is 10.8. The fourth-order valence-corrected chi connectivity index (χ4v) is 4.86. The molecule has 1 saturated heterocycles. The quantitative estimate of drug-likeness (QED) is 0.414. The van der Waals surface area contributed by atoms with Gasteiger partial charge < -0.3 is 15.0 Å². The molecular weight excluding hydrogens is 483 g/mol. The van der Waals surface area contributed by atoms with E-state index in [0.29, 0.717) is 65.1 Å². The third kappa shape index (κ3) is 4.56. The monoisotopic (exact) mass is 510 g/mol. The summed E-state index contributed by atoms with van der Waals surface area (Å²) in [5, 5.41) is 8.02. The molecule has 1 aliphatic heterocycles. The van der Waals surface area contributed by atoms with Gasteiger partial charge in [0.05, 0.1) is 25.4 Å². The van der Waals surface area contributed by atoms with E-state index in [1.54, 1.807) is 49.4 Å². The minimum absolute atomic E-state index is 0.146.